The van der Waals surface area contributed by atoms with Crippen molar-refractivity contribution in [2.75, 3.05) is 6.54 Å². The SMILES string of the molecule is C[n+]1cc(C#Cc2ccc(S(=O)(=O)O)cc2)cc2c1N=C(/C=C/C=C1\N=C3C(=CC(C#Cc4ccc(S(=O)(=O)O)cc4)=CN3CCCCCCCCCCCC(=O)O)C1(C)C)C2(C)C. The summed E-state index contributed by atoms with van der Waals surface area (Å²) in [6.07, 6.45) is 21.6. The van der Waals surface area contributed by atoms with E-state index in [1.807, 2.05) is 48.3 Å². The van der Waals surface area contributed by atoms with Crippen molar-refractivity contribution in [3.63, 3.8) is 0 Å². The average Bonchev–Trinajstić information content (AvgIpc) is 3.64. The number of rotatable bonds is 16. The zero-order valence-electron chi connectivity index (χ0n) is 36.9. The number of carboxylic acids is 1. The van der Waals surface area contributed by atoms with E-state index >= 15 is 0 Å². The van der Waals surface area contributed by atoms with Crippen molar-refractivity contribution < 1.29 is 40.4 Å². The third kappa shape index (κ3) is 11.8. The summed E-state index contributed by atoms with van der Waals surface area (Å²) in [6.45, 7) is 9.31. The number of hydrogen-bond acceptors (Lipinski definition) is 8. The molecule has 0 saturated heterocycles. The van der Waals surface area contributed by atoms with Gasteiger partial charge in [0.1, 0.15) is 12.0 Å². The van der Waals surface area contributed by atoms with E-state index in [2.05, 4.69) is 62.4 Å². The molecule has 3 aliphatic rings. The van der Waals surface area contributed by atoms with Gasteiger partial charge in [0.2, 0.25) is 0 Å². The van der Waals surface area contributed by atoms with E-state index < -0.39 is 37.0 Å². The van der Waals surface area contributed by atoms with Crippen molar-refractivity contribution in [2.24, 2.45) is 22.4 Å². The molecule has 0 spiro atoms. The first-order valence-electron chi connectivity index (χ1n) is 21.5. The van der Waals surface area contributed by atoms with Crippen LogP contribution in [-0.2, 0) is 37.5 Å². The molecule has 3 aromatic rings. The fourth-order valence-corrected chi connectivity index (χ4v) is 8.82. The number of benzene rings is 2. The summed E-state index contributed by atoms with van der Waals surface area (Å²) in [6, 6.07) is 13.6. The zero-order chi connectivity index (χ0) is 46.3. The summed E-state index contributed by atoms with van der Waals surface area (Å²) in [7, 11) is -6.66. The van der Waals surface area contributed by atoms with Crippen LogP contribution in [0.1, 0.15) is 114 Å². The van der Waals surface area contributed by atoms with Gasteiger partial charge < -0.3 is 10.0 Å². The molecular weight excluding hydrogens is 849 g/mol. The smallest absolute Gasteiger partial charge is 0.327 e. The Hall–Kier alpha value is -5.90. The van der Waals surface area contributed by atoms with Gasteiger partial charge in [-0.15, -0.1) is 0 Å². The third-order valence-electron chi connectivity index (χ3n) is 11.7. The molecule has 0 amide bonds. The minimum atomic E-state index is -4.31. The average molecular weight is 904 g/mol. The topological polar surface area (TPSA) is 178 Å². The molecule has 0 unspecified atom stereocenters. The maximum Gasteiger partial charge on any atom is 0.327 e. The lowest BCUT2D eigenvalue weighted by molar-refractivity contribution is -0.658. The van der Waals surface area contributed by atoms with Crippen LogP contribution in [0.2, 0.25) is 0 Å². The molecule has 334 valence electrons. The molecule has 0 atom stereocenters. The lowest BCUT2D eigenvalue weighted by atomic mass is 9.80. The number of amidine groups is 1. The highest BCUT2D eigenvalue weighted by Crippen LogP contribution is 2.45. The predicted octanol–water partition coefficient (Wildman–Crippen LogP) is 8.81. The molecule has 0 aliphatic carbocycles. The van der Waals surface area contributed by atoms with Crippen molar-refractivity contribution in [3.8, 4) is 23.7 Å². The summed E-state index contributed by atoms with van der Waals surface area (Å²) >= 11 is 0. The van der Waals surface area contributed by atoms with Gasteiger partial charge in [-0.2, -0.15) is 16.8 Å². The molecule has 0 radical (unpaired) electrons. The van der Waals surface area contributed by atoms with Crippen LogP contribution in [0.5, 0.6) is 0 Å². The first-order valence-corrected chi connectivity index (χ1v) is 24.3. The van der Waals surface area contributed by atoms with Gasteiger partial charge in [0.15, 0.2) is 5.71 Å². The highest BCUT2D eigenvalue weighted by Gasteiger charge is 2.43. The van der Waals surface area contributed by atoms with Crippen LogP contribution in [0, 0.1) is 29.1 Å². The van der Waals surface area contributed by atoms with E-state index in [1.165, 1.54) is 24.3 Å². The quantitative estimate of drug-likeness (QED) is 0.0549. The van der Waals surface area contributed by atoms with Crippen LogP contribution in [-0.4, -0.2) is 60.0 Å². The molecule has 6 rings (SSSR count). The highest BCUT2D eigenvalue weighted by atomic mass is 32.2. The van der Waals surface area contributed by atoms with Gasteiger partial charge in [0.05, 0.1) is 39.1 Å². The Morgan fingerprint density at radius 1 is 0.734 bits per heavy atom. The van der Waals surface area contributed by atoms with E-state index in [0.29, 0.717) is 11.1 Å². The molecule has 1 aromatic heterocycles. The van der Waals surface area contributed by atoms with Gasteiger partial charge in [-0.05, 0) is 105 Å². The van der Waals surface area contributed by atoms with Gasteiger partial charge in [0.25, 0.3) is 20.2 Å². The second-order valence-corrected chi connectivity index (χ2v) is 20.2. The second-order valence-electron chi connectivity index (χ2n) is 17.3. The number of aryl methyl sites for hydroxylation is 1. The van der Waals surface area contributed by atoms with Crippen molar-refractivity contribution in [1.82, 2.24) is 4.90 Å². The van der Waals surface area contributed by atoms with E-state index in [1.54, 1.807) is 24.3 Å². The molecule has 12 nitrogen and oxygen atoms in total. The van der Waals surface area contributed by atoms with Gasteiger partial charge in [-0.3, -0.25) is 13.9 Å². The molecule has 0 fully saturated rings. The standard InChI is InChI=1S/C50H54N4O8S2/c1-49(2)42-32-38(21-19-36-23-27-40(28-24-36)63(57,58)59)34-53(5)47(42)51-44(49)16-15-17-45-50(3,4)43-33-39(22-20-37-25-29-41(30-26-37)64(60,61)62)35-54(48(43)52-45)31-14-12-10-8-6-7-9-11-13-18-46(55)56/h15-17,23-30,32-35H,6-14,18,31H2,1-5H3,(H2-,55,56,57,58,59,60,61,62)/p+1. The lowest BCUT2D eigenvalue weighted by Crippen LogP contribution is -2.32. The van der Waals surface area contributed by atoms with E-state index in [0.717, 1.165) is 110 Å². The van der Waals surface area contributed by atoms with Gasteiger partial charge in [0, 0.05) is 46.9 Å². The Morgan fingerprint density at radius 2 is 1.27 bits per heavy atom. The molecule has 3 aliphatic heterocycles. The Morgan fingerprint density at radius 3 is 1.83 bits per heavy atom. The molecule has 0 bridgehead atoms. The van der Waals surface area contributed by atoms with E-state index in [4.69, 9.17) is 15.1 Å². The maximum absolute atomic E-state index is 11.6. The number of hydrogen-bond donors (Lipinski definition) is 3. The van der Waals surface area contributed by atoms with E-state index in [-0.39, 0.29) is 16.2 Å². The first-order chi connectivity index (χ1) is 30.2. The number of aliphatic carboxylic acids is 1. The van der Waals surface area contributed by atoms with Crippen molar-refractivity contribution in [1.29, 1.82) is 0 Å². The zero-order valence-corrected chi connectivity index (χ0v) is 38.6. The number of aromatic nitrogens is 1. The van der Waals surface area contributed by atoms with Gasteiger partial charge >= 0.3 is 11.8 Å². The summed E-state index contributed by atoms with van der Waals surface area (Å²) in [5, 5.41) is 8.84. The predicted molar refractivity (Wildman–Crippen MR) is 248 cm³/mol. The highest BCUT2D eigenvalue weighted by molar-refractivity contribution is 7.86. The largest absolute Gasteiger partial charge is 0.481 e. The minimum Gasteiger partial charge on any atom is -0.481 e. The molecule has 4 heterocycles. The summed E-state index contributed by atoms with van der Waals surface area (Å²) in [5.41, 5.74) is 5.74. The number of unbranched alkanes of at least 4 members (excludes halogenated alkanes) is 8. The van der Waals surface area contributed by atoms with Gasteiger partial charge in [-0.25, -0.2) is 9.56 Å². The molecule has 2 aromatic carbocycles. The number of nitrogens with zero attached hydrogens (tertiary/aromatic N) is 4. The van der Waals surface area contributed by atoms with Crippen molar-refractivity contribution >= 4 is 43.6 Å². The number of fused-ring (bicyclic) bond motifs is 2. The second kappa shape index (κ2) is 19.9. The number of carboxylic acid groups (broad SMARTS) is 1. The normalized spacial score (nSPS) is 16.8. The molecule has 0 saturated carbocycles. The van der Waals surface area contributed by atoms with Gasteiger partial charge in [-0.1, -0.05) is 88.6 Å². The molecule has 14 heteroatoms. The number of allylic oxidation sites excluding steroid dienone is 6. The molecular formula is C50H55N4O8S2+. The molecule has 3 N–H and O–H groups in total. The fourth-order valence-electron chi connectivity index (χ4n) is 7.86. The van der Waals surface area contributed by atoms with Crippen LogP contribution >= 0.6 is 0 Å². The molecule has 64 heavy (non-hydrogen) atoms. The van der Waals surface area contributed by atoms with Crippen LogP contribution < -0.4 is 4.57 Å². The Kier molecular flexibility index (Phi) is 14.8. The number of carbonyl (C=O) groups is 1. The van der Waals surface area contributed by atoms with Crippen molar-refractivity contribution in [2.45, 2.75) is 107 Å². The summed E-state index contributed by atoms with van der Waals surface area (Å²) in [4.78, 5) is 22.8. The minimum absolute atomic E-state index is 0.187. The van der Waals surface area contributed by atoms with Crippen LogP contribution in [0.25, 0.3) is 0 Å². The maximum atomic E-state index is 11.6. The Labute approximate surface area is 377 Å². The number of pyridine rings is 1. The van der Waals surface area contributed by atoms with Crippen LogP contribution in [0.4, 0.5) is 5.82 Å². The first kappa shape index (κ1) is 47.6. The third-order valence-corrected chi connectivity index (χ3v) is 13.4. The number of aliphatic imine (C=N–C) groups is 2. The Bertz CT molecular complexity index is 2840. The van der Waals surface area contributed by atoms with E-state index in [9.17, 15) is 30.7 Å². The van der Waals surface area contributed by atoms with Crippen LogP contribution in [0.15, 0.2) is 128 Å². The summed E-state index contributed by atoms with van der Waals surface area (Å²) < 4.78 is 66.6. The fraction of sp³-hybridized carbons (Fsp3) is 0.360. The van der Waals surface area contributed by atoms with Crippen molar-refractivity contribution in [3.05, 3.63) is 130 Å². The monoisotopic (exact) mass is 903 g/mol. The summed E-state index contributed by atoms with van der Waals surface area (Å²) in [5.74, 6) is 13.7. The Balaban J connectivity index is 1.18. The lowest BCUT2D eigenvalue weighted by Gasteiger charge is -2.29. The van der Waals surface area contributed by atoms with Crippen LogP contribution in [0.3, 0.4) is 0 Å².